The molecule has 1 aromatic carbocycles. The molecule has 0 atom stereocenters. The molecule has 0 fully saturated rings. The van der Waals surface area contributed by atoms with Gasteiger partial charge in [0.1, 0.15) is 11.6 Å². The van der Waals surface area contributed by atoms with Crippen molar-refractivity contribution in [1.29, 1.82) is 0 Å². The van der Waals surface area contributed by atoms with Crippen LogP contribution in [-0.2, 0) is 13.0 Å². The molecule has 0 aliphatic heterocycles. The van der Waals surface area contributed by atoms with E-state index in [2.05, 4.69) is 18.0 Å². The number of aromatic nitrogens is 2. The summed E-state index contributed by atoms with van der Waals surface area (Å²) in [7, 11) is 1.63. The van der Waals surface area contributed by atoms with Gasteiger partial charge in [-0.15, -0.1) is 0 Å². The van der Waals surface area contributed by atoms with Gasteiger partial charge in [0.05, 0.1) is 13.7 Å². The lowest BCUT2D eigenvalue weighted by molar-refractivity contribution is 0.0691. The van der Waals surface area contributed by atoms with Gasteiger partial charge in [0.25, 0.3) is 0 Å². The summed E-state index contributed by atoms with van der Waals surface area (Å²) in [6.07, 6.45) is 2.50. The molecular formula is C15H18N2O3. The largest absolute Gasteiger partial charge is 0.496 e. The molecule has 1 heterocycles. The van der Waals surface area contributed by atoms with E-state index in [1.807, 2.05) is 16.7 Å². The van der Waals surface area contributed by atoms with E-state index < -0.39 is 5.97 Å². The van der Waals surface area contributed by atoms with E-state index in [4.69, 9.17) is 9.84 Å². The Hall–Kier alpha value is -2.30. The van der Waals surface area contributed by atoms with Crippen LogP contribution in [0.4, 0.5) is 0 Å². The molecule has 0 spiro atoms. The molecule has 5 heteroatoms. The van der Waals surface area contributed by atoms with Gasteiger partial charge in [-0.1, -0.05) is 19.1 Å². The van der Waals surface area contributed by atoms with Crippen LogP contribution in [0.15, 0.2) is 24.4 Å². The van der Waals surface area contributed by atoms with Crippen molar-refractivity contribution < 1.29 is 14.6 Å². The molecule has 0 saturated carbocycles. The van der Waals surface area contributed by atoms with E-state index in [-0.39, 0.29) is 5.69 Å². The summed E-state index contributed by atoms with van der Waals surface area (Å²) in [5.41, 5.74) is 2.30. The Balaban J connectivity index is 2.35. The number of hydrogen-bond donors (Lipinski definition) is 1. The van der Waals surface area contributed by atoms with E-state index >= 15 is 0 Å². The molecule has 5 nitrogen and oxygen atoms in total. The molecule has 1 aromatic heterocycles. The molecular weight excluding hydrogens is 256 g/mol. The average Bonchev–Trinajstić information content (AvgIpc) is 2.80. The van der Waals surface area contributed by atoms with Crippen LogP contribution in [0.3, 0.4) is 0 Å². The number of imidazole rings is 1. The van der Waals surface area contributed by atoms with Gasteiger partial charge in [-0.3, -0.25) is 0 Å². The zero-order valence-corrected chi connectivity index (χ0v) is 11.9. The van der Waals surface area contributed by atoms with Gasteiger partial charge < -0.3 is 14.4 Å². The predicted octanol–water partition coefficient (Wildman–Crippen LogP) is 2.51. The Morgan fingerprint density at radius 3 is 2.75 bits per heavy atom. The molecule has 0 amide bonds. The lowest BCUT2D eigenvalue weighted by atomic mass is 10.1. The summed E-state index contributed by atoms with van der Waals surface area (Å²) in [6.45, 7) is 4.43. The number of aromatic carboxylic acids is 1. The molecule has 0 bridgehead atoms. The highest BCUT2D eigenvalue weighted by Crippen LogP contribution is 2.22. The first-order valence-electron chi connectivity index (χ1n) is 6.48. The fraction of sp³-hybridized carbons (Fsp3) is 0.333. The summed E-state index contributed by atoms with van der Waals surface area (Å²) in [4.78, 5) is 15.0. The third-order valence-corrected chi connectivity index (χ3v) is 3.29. The minimum Gasteiger partial charge on any atom is -0.496 e. The smallest absolute Gasteiger partial charge is 0.356 e. The molecule has 2 rings (SSSR count). The molecule has 0 saturated heterocycles. The normalized spacial score (nSPS) is 10.6. The van der Waals surface area contributed by atoms with Crippen molar-refractivity contribution in [2.45, 2.75) is 26.8 Å². The highest BCUT2D eigenvalue weighted by atomic mass is 16.5. The Morgan fingerprint density at radius 2 is 2.20 bits per heavy atom. The van der Waals surface area contributed by atoms with E-state index in [0.29, 0.717) is 12.4 Å². The minimum absolute atomic E-state index is 0.0631. The Kier molecular flexibility index (Phi) is 4.08. The van der Waals surface area contributed by atoms with E-state index in [1.165, 1.54) is 5.56 Å². The molecule has 0 aliphatic rings. The van der Waals surface area contributed by atoms with Crippen molar-refractivity contribution in [3.8, 4) is 5.75 Å². The van der Waals surface area contributed by atoms with Crippen LogP contribution in [0.1, 0.15) is 34.4 Å². The quantitative estimate of drug-likeness (QED) is 0.910. The number of nitrogens with zero attached hydrogens (tertiary/aromatic N) is 2. The molecule has 1 N–H and O–H groups in total. The highest BCUT2D eigenvalue weighted by molar-refractivity contribution is 5.85. The van der Waals surface area contributed by atoms with Crippen molar-refractivity contribution >= 4 is 5.97 Å². The second-order valence-corrected chi connectivity index (χ2v) is 4.61. The molecule has 0 aliphatic carbocycles. The van der Waals surface area contributed by atoms with Crippen LogP contribution in [0.2, 0.25) is 0 Å². The minimum atomic E-state index is -1.01. The molecule has 0 radical (unpaired) electrons. The van der Waals surface area contributed by atoms with E-state index in [1.54, 1.807) is 20.2 Å². The monoisotopic (exact) mass is 274 g/mol. The second kappa shape index (κ2) is 5.77. The molecule has 0 unspecified atom stereocenters. The summed E-state index contributed by atoms with van der Waals surface area (Å²) in [5.74, 6) is 0.458. The first kappa shape index (κ1) is 14.1. The van der Waals surface area contributed by atoms with Crippen LogP contribution in [0, 0.1) is 6.92 Å². The number of ether oxygens (including phenoxy) is 1. The Bertz CT molecular complexity index is 632. The molecule has 2 aromatic rings. The summed E-state index contributed by atoms with van der Waals surface area (Å²) >= 11 is 0. The maximum absolute atomic E-state index is 10.9. The first-order valence-corrected chi connectivity index (χ1v) is 6.48. The SMILES string of the molecule is CCc1ccc(OC)c(Cn2cc(C(=O)O)nc2C)c1. The van der Waals surface area contributed by atoms with Gasteiger partial charge >= 0.3 is 5.97 Å². The summed E-state index contributed by atoms with van der Waals surface area (Å²) in [6, 6.07) is 6.06. The topological polar surface area (TPSA) is 64.3 Å². The van der Waals surface area contributed by atoms with Crippen LogP contribution in [-0.4, -0.2) is 27.7 Å². The van der Waals surface area contributed by atoms with E-state index in [9.17, 15) is 4.79 Å². The maximum Gasteiger partial charge on any atom is 0.356 e. The van der Waals surface area contributed by atoms with Gasteiger partial charge in [-0.05, 0) is 25.0 Å². The number of aryl methyl sites for hydroxylation is 2. The third-order valence-electron chi connectivity index (χ3n) is 3.29. The highest BCUT2D eigenvalue weighted by Gasteiger charge is 2.12. The number of carbonyl (C=O) groups is 1. The Morgan fingerprint density at radius 1 is 1.45 bits per heavy atom. The number of rotatable bonds is 5. The number of hydrogen-bond acceptors (Lipinski definition) is 3. The van der Waals surface area contributed by atoms with E-state index in [0.717, 1.165) is 17.7 Å². The van der Waals surface area contributed by atoms with Gasteiger partial charge in [0.15, 0.2) is 5.69 Å². The van der Waals surface area contributed by atoms with Gasteiger partial charge in [0, 0.05) is 11.8 Å². The maximum atomic E-state index is 10.9. The number of carboxylic acid groups (broad SMARTS) is 1. The van der Waals surface area contributed by atoms with Crippen molar-refractivity contribution in [2.24, 2.45) is 0 Å². The van der Waals surface area contributed by atoms with Crippen molar-refractivity contribution in [3.63, 3.8) is 0 Å². The molecule has 20 heavy (non-hydrogen) atoms. The van der Waals surface area contributed by atoms with Crippen LogP contribution in [0.25, 0.3) is 0 Å². The van der Waals surface area contributed by atoms with Crippen LogP contribution >= 0.6 is 0 Å². The zero-order valence-electron chi connectivity index (χ0n) is 11.9. The van der Waals surface area contributed by atoms with Gasteiger partial charge in [-0.2, -0.15) is 0 Å². The summed E-state index contributed by atoms with van der Waals surface area (Å²) in [5, 5.41) is 8.97. The number of benzene rings is 1. The second-order valence-electron chi connectivity index (χ2n) is 4.61. The van der Waals surface area contributed by atoms with Crippen LogP contribution < -0.4 is 4.74 Å². The Labute approximate surface area is 117 Å². The van der Waals surface area contributed by atoms with Crippen molar-refractivity contribution in [2.75, 3.05) is 7.11 Å². The average molecular weight is 274 g/mol. The fourth-order valence-corrected chi connectivity index (χ4v) is 2.13. The fourth-order valence-electron chi connectivity index (χ4n) is 2.13. The number of methoxy groups -OCH3 is 1. The van der Waals surface area contributed by atoms with Crippen molar-refractivity contribution in [3.05, 3.63) is 47.0 Å². The zero-order chi connectivity index (χ0) is 14.7. The van der Waals surface area contributed by atoms with Gasteiger partial charge in [-0.25, -0.2) is 9.78 Å². The van der Waals surface area contributed by atoms with Gasteiger partial charge in [0.2, 0.25) is 0 Å². The lowest BCUT2D eigenvalue weighted by Gasteiger charge is -2.11. The predicted molar refractivity (Wildman–Crippen MR) is 75.4 cm³/mol. The van der Waals surface area contributed by atoms with Crippen molar-refractivity contribution in [1.82, 2.24) is 9.55 Å². The lowest BCUT2D eigenvalue weighted by Crippen LogP contribution is -2.03. The summed E-state index contributed by atoms with van der Waals surface area (Å²) < 4.78 is 7.18. The first-order chi connectivity index (χ1) is 9.55. The van der Waals surface area contributed by atoms with Crippen LogP contribution in [0.5, 0.6) is 5.75 Å². The molecule has 106 valence electrons. The number of carboxylic acids is 1. The standard InChI is InChI=1S/C15H18N2O3/c1-4-11-5-6-14(20-3)12(7-11)8-17-9-13(15(18)19)16-10(17)2/h5-7,9H,4,8H2,1-3H3,(H,18,19). The third kappa shape index (κ3) is 2.82.